The maximum absolute atomic E-state index is 12.8. The van der Waals surface area contributed by atoms with Gasteiger partial charge in [-0.15, -0.1) is 0 Å². The van der Waals surface area contributed by atoms with Crippen LogP contribution in [0, 0.1) is 0 Å². The molecule has 1 atom stereocenters. The van der Waals surface area contributed by atoms with Crippen molar-refractivity contribution in [3.63, 3.8) is 0 Å². The number of anilines is 1. The first-order valence-electron chi connectivity index (χ1n) is 23.8. The quantitative estimate of drug-likeness (QED) is 0.0515. The molecule has 0 radical (unpaired) electrons. The highest BCUT2D eigenvalue weighted by Crippen LogP contribution is 2.18. The van der Waals surface area contributed by atoms with Crippen molar-refractivity contribution >= 4 is 17.8 Å². The van der Waals surface area contributed by atoms with Crippen LogP contribution in [0.1, 0.15) is 226 Å². The maximum atomic E-state index is 12.8. The van der Waals surface area contributed by atoms with Gasteiger partial charge in [0.2, 0.25) is 0 Å². The molecule has 9 heteroatoms. The molecule has 9 nitrogen and oxygen atoms in total. The normalized spacial score (nSPS) is 12.0. The summed E-state index contributed by atoms with van der Waals surface area (Å²) in [6.45, 7) is 10.9. The minimum atomic E-state index is -0.289. The van der Waals surface area contributed by atoms with Gasteiger partial charge in [0.1, 0.15) is 11.9 Å². The Hall–Kier alpha value is -2.42. The highest BCUT2D eigenvalue weighted by Gasteiger charge is 2.14. The number of carbonyl (C=O) groups is 2. The van der Waals surface area contributed by atoms with E-state index < -0.39 is 0 Å². The van der Waals surface area contributed by atoms with Crippen LogP contribution in [0.15, 0.2) is 17.1 Å². The van der Waals surface area contributed by atoms with Crippen molar-refractivity contribution in [1.82, 2.24) is 14.5 Å². The second-order valence-corrected chi connectivity index (χ2v) is 16.4. The fraction of sp³-hybridized carbons (Fsp3) is 0.872. The van der Waals surface area contributed by atoms with Crippen LogP contribution in [0.4, 0.5) is 5.82 Å². The van der Waals surface area contributed by atoms with Crippen molar-refractivity contribution in [2.45, 2.75) is 239 Å². The summed E-state index contributed by atoms with van der Waals surface area (Å²) in [7, 11) is 0. The molecule has 0 aliphatic carbocycles. The number of rotatable bonds is 41. The first-order valence-corrected chi connectivity index (χ1v) is 23.8. The standard InChI is InChI=1S/C47H88N4O5/c1-4-7-10-13-18-25-33-43(32-24-17-12-9-6-3)56-46(53)35-27-20-16-22-29-38-50(39-31-40-51-41-36-44(48)49-47(51)54)37-28-21-15-19-26-34-45(52)55-42-30-23-14-11-8-5-2/h36,41,43H,4-35,37-40,42H2,1-3H3,(H2,48,49,54). The van der Waals surface area contributed by atoms with Crippen molar-refractivity contribution < 1.29 is 19.1 Å². The number of hydrogen-bond donors (Lipinski definition) is 1. The van der Waals surface area contributed by atoms with Crippen molar-refractivity contribution in [2.24, 2.45) is 0 Å². The third-order valence-corrected chi connectivity index (χ3v) is 11.0. The largest absolute Gasteiger partial charge is 0.466 e. The van der Waals surface area contributed by atoms with Crippen molar-refractivity contribution in [3.05, 3.63) is 22.7 Å². The number of aromatic nitrogens is 2. The van der Waals surface area contributed by atoms with Gasteiger partial charge in [0.25, 0.3) is 0 Å². The zero-order chi connectivity index (χ0) is 40.7. The average molecular weight is 789 g/mol. The summed E-state index contributed by atoms with van der Waals surface area (Å²) >= 11 is 0. The Morgan fingerprint density at radius 2 is 1.05 bits per heavy atom. The molecular weight excluding hydrogens is 701 g/mol. The summed E-state index contributed by atoms with van der Waals surface area (Å²) in [6, 6.07) is 1.68. The molecule has 56 heavy (non-hydrogen) atoms. The van der Waals surface area contributed by atoms with Crippen LogP contribution in [0.3, 0.4) is 0 Å². The summed E-state index contributed by atoms with van der Waals surface area (Å²) in [5, 5.41) is 0. The van der Waals surface area contributed by atoms with Gasteiger partial charge in [-0.25, -0.2) is 4.79 Å². The molecule has 1 rings (SSSR count). The highest BCUT2D eigenvalue weighted by molar-refractivity contribution is 5.69. The van der Waals surface area contributed by atoms with Crippen LogP contribution in [0.2, 0.25) is 0 Å². The number of carbonyl (C=O) groups excluding carboxylic acids is 2. The van der Waals surface area contributed by atoms with E-state index in [1.165, 1.54) is 96.3 Å². The van der Waals surface area contributed by atoms with E-state index in [-0.39, 0.29) is 29.6 Å². The Bertz CT molecular complexity index is 1110. The lowest BCUT2D eigenvalue weighted by molar-refractivity contribution is -0.150. The lowest BCUT2D eigenvalue weighted by Gasteiger charge is -2.22. The average Bonchev–Trinajstić information content (AvgIpc) is 3.18. The fourth-order valence-electron chi connectivity index (χ4n) is 7.46. The van der Waals surface area contributed by atoms with E-state index in [1.807, 2.05) is 0 Å². The predicted molar refractivity (Wildman–Crippen MR) is 235 cm³/mol. The zero-order valence-corrected chi connectivity index (χ0v) is 36.9. The predicted octanol–water partition coefficient (Wildman–Crippen LogP) is 12.1. The molecule has 0 fully saturated rings. The summed E-state index contributed by atoms with van der Waals surface area (Å²) in [4.78, 5) is 43.5. The highest BCUT2D eigenvalue weighted by atomic mass is 16.5. The zero-order valence-electron chi connectivity index (χ0n) is 36.9. The third kappa shape index (κ3) is 31.6. The van der Waals surface area contributed by atoms with E-state index in [0.29, 0.717) is 26.0 Å². The number of nitrogens with two attached hydrogens (primary N) is 1. The minimum absolute atomic E-state index is 0.000411. The van der Waals surface area contributed by atoms with E-state index >= 15 is 0 Å². The van der Waals surface area contributed by atoms with E-state index in [0.717, 1.165) is 116 Å². The van der Waals surface area contributed by atoms with Crippen LogP contribution in [-0.2, 0) is 25.6 Å². The molecule has 0 aromatic carbocycles. The lowest BCUT2D eigenvalue weighted by atomic mass is 10.0. The summed E-state index contributed by atoms with van der Waals surface area (Å²) < 4.78 is 13.1. The molecule has 0 spiro atoms. The molecule has 0 amide bonds. The SMILES string of the molecule is CCCCCCCCOC(=O)CCCCCCCN(CCCCCCCC(=O)OC(CCCCCCC)CCCCCCCC)CCCn1ccc(N)nc1=O. The minimum Gasteiger partial charge on any atom is -0.466 e. The van der Waals surface area contributed by atoms with E-state index in [9.17, 15) is 14.4 Å². The first-order chi connectivity index (χ1) is 27.4. The number of nitrogens with zero attached hydrogens (tertiary/aromatic N) is 3. The number of hydrogen-bond acceptors (Lipinski definition) is 8. The molecule has 326 valence electrons. The van der Waals surface area contributed by atoms with Gasteiger partial charge in [-0.3, -0.25) is 14.2 Å². The Labute approximate surface area is 344 Å². The topological polar surface area (TPSA) is 117 Å². The molecule has 1 aromatic heterocycles. The molecule has 0 aliphatic rings. The summed E-state index contributed by atoms with van der Waals surface area (Å²) in [5.74, 6) is 0.214. The number of unbranched alkanes of at least 4 members (excludes halogenated alkanes) is 22. The van der Waals surface area contributed by atoms with Gasteiger partial charge in [0, 0.05) is 25.6 Å². The molecule has 2 N–H and O–H groups in total. The van der Waals surface area contributed by atoms with Gasteiger partial charge in [-0.1, -0.05) is 149 Å². The molecule has 0 saturated carbocycles. The Kier molecular flexibility index (Phi) is 35.1. The van der Waals surface area contributed by atoms with Crippen LogP contribution >= 0.6 is 0 Å². The molecule has 0 aliphatic heterocycles. The second kappa shape index (κ2) is 38.1. The smallest absolute Gasteiger partial charge is 0.349 e. The van der Waals surface area contributed by atoms with Gasteiger partial charge in [-0.05, 0) is 89.9 Å². The van der Waals surface area contributed by atoms with Gasteiger partial charge >= 0.3 is 17.6 Å². The summed E-state index contributed by atoms with van der Waals surface area (Å²) in [6.07, 6.45) is 37.7. The molecule has 1 unspecified atom stereocenters. The monoisotopic (exact) mass is 789 g/mol. The van der Waals surface area contributed by atoms with Crippen LogP contribution in [0.5, 0.6) is 0 Å². The van der Waals surface area contributed by atoms with Gasteiger partial charge in [-0.2, -0.15) is 4.98 Å². The number of nitrogen functional groups attached to an aromatic ring is 1. The number of aryl methyl sites for hydroxylation is 1. The first kappa shape index (κ1) is 51.6. The lowest BCUT2D eigenvalue weighted by Crippen LogP contribution is -2.30. The van der Waals surface area contributed by atoms with E-state index in [4.69, 9.17) is 15.2 Å². The third-order valence-electron chi connectivity index (χ3n) is 11.0. The van der Waals surface area contributed by atoms with Gasteiger partial charge in [0.05, 0.1) is 6.61 Å². The van der Waals surface area contributed by atoms with Gasteiger partial charge in [0.15, 0.2) is 0 Å². The molecular formula is C47H88N4O5. The summed E-state index contributed by atoms with van der Waals surface area (Å²) in [5.41, 5.74) is 5.38. The Balaban J connectivity index is 2.35. The van der Waals surface area contributed by atoms with Crippen molar-refractivity contribution in [1.29, 1.82) is 0 Å². The molecule has 1 heterocycles. The van der Waals surface area contributed by atoms with E-state index in [2.05, 4.69) is 30.7 Å². The Morgan fingerprint density at radius 1 is 0.607 bits per heavy atom. The van der Waals surface area contributed by atoms with Crippen molar-refractivity contribution in [2.75, 3.05) is 32.0 Å². The van der Waals surface area contributed by atoms with Crippen LogP contribution < -0.4 is 11.4 Å². The number of ether oxygens (including phenoxy) is 2. The number of esters is 2. The van der Waals surface area contributed by atoms with Crippen LogP contribution in [0.25, 0.3) is 0 Å². The molecule has 0 saturated heterocycles. The molecule has 0 bridgehead atoms. The Morgan fingerprint density at radius 3 is 1.59 bits per heavy atom. The van der Waals surface area contributed by atoms with Crippen LogP contribution in [-0.4, -0.2) is 58.7 Å². The van der Waals surface area contributed by atoms with E-state index in [1.54, 1.807) is 16.8 Å². The second-order valence-electron chi connectivity index (χ2n) is 16.4. The fourth-order valence-corrected chi connectivity index (χ4v) is 7.46. The van der Waals surface area contributed by atoms with Crippen molar-refractivity contribution in [3.8, 4) is 0 Å². The van der Waals surface area contributed by atoms with Gasteiger partial charge < -0.3 is 20.1 Å². The molecule has 1 aromatic rings. The maximum Gasteiger partial charge on any atom is 0.349 e.